The first-order valence-corrected chi connectivity index (χ1v) is 10.3. The third kappa shape index (κ3) is 4.30. The molecule has 2 heterocycles. The van der Waals surface area contributed by atoms with E-state index < -0.39 is 10.2 Å². The van der Waals surface area contributed by atoms with Crippen molar-refractivity contribution in [3.63, 3.8) is 0 Å². The number of aromatic nitrogens is 2. The third-order valence-electron chi connectivity index (χ3n) is 4.89. The lowest BCUT2D eigenvalue weighted by Crippen LogP contribution is -2.47. The van der Waals surface area contributed by atoms with Gasteiger partial charge in [-0.1, -0.05) is 12.1 Å². The van der Waals surface area contributed by atoms with Crippen molar-refractivity contribution in [2.75, 3.05) is 54.8 Å². The van der Waals surface area contributed by atoms with Crippen LogP contribution in [-0.4, -0.2) is 63.2 Å². The minimum atomic E-state index is -3.57. The zero-order valence-electron chi connectivity index (χ0n) is 16.2. The molecule has 8 nitrogen and oxygen atoms in total. The lowest BCUT2D eigenvalue weighted by Gasteiger charge is -2.37. The molecule has 1 saturated heterocycles. The van der Waals surface area contributed by atoms with Gasteiger partial charge in [-0.05, 0) is 43.2 Å². The van der Waals surface area contributed by atoms with E-state index in [1.54, 1.807) is 12.1 Å². The third-order valence-corrected chi connectivity index (χ3v) is 6.31. The topological polar surface area (TPSA) is 81.7 Å². The number of nitrogens with one attached hydrogen (secondary N) is 1. The summed E-state index contributed by atoms with van der Waals surface area (Å²) >= 11 is 0. The van der Waals surface area contributed by atoms with Crippen molar-refractivity contribution in [2.45, 2.75) is 13.8 Å². The molecule has 146 valence electrons. The van der Waals surface area contributed by atoms with Crippen LogP contribution in [0, 0.1) is 13.8 Å². The maximum atomic E-state index is 11.8. The number of hydrogen-bond donors (Lipinski definition) is 1. The number of piperazine rings is 1. The van der Waals surface area contributed by atoms with Crippen molar-refractivity contribution < 1.29 is 8.42 Å². The van der Waals surface area contributed by atoms with Crippen LogP contribution in [0.25, 0.3) is 0 Å². The number of aryl methyl sites for hydroxylation is 1. The molecule has 0 saturated carbocycles. The number of nitrogens with zero attached hydrogens (tertiary/aromatic N) is 5. The molecule has 1 N–H and O–H groups in total. The predicted octanol–water partition coefficient (Wildman–Crippen LogP) is 1.64. The first-order valence-electron chi connectivity index (χ1n) is 8.88. The Hall–Kier alpha value is -2.39. The minimum Gasteiger partial charge on any atom is -0.368 e. The molecule has 0 spiro atoms. The van der Waals surface area contributed by atoms with Gasteiger partial charge in [-0.2, -0.15) is 12.7 Å². The van der Waals surface area contributed by atoms with Crippen molar-refractivity contribution in [3.05, 3.63) is 41.5 Å². The Kier molecular flexibility index (Phi) is 5.52. The largest absolute Gasteiger partial charge is 0.368 e. The fourth-order valence-corrected chi connectivity index (χ4v) is 3.58. The van der Waals surface area contributed by atoms with Gasteiger partial charge in [0.2, 0.25) is 0 Å². The highest BCUT2D eigenvalue weighted by molar-refractivity contribution is 7.90. The average molecular weight is 391 g/mol. The van der Waals surface area contributed by atoms with Crippen LogP contribution in [0.15, 0.2) is 30.3 Å². The molecular weight excluding hydrogens is 364 g/mol. The molecule has 3 rings (SSSR count). The van der Waals surface area contributed by atoms with E-state index in [9.17, 15) is 8.42 Å². The Morgan fingerprint density at radius 1 is 0.963 bits per heavy atom. The summed E-state index contributed by atoms with van der Waals surface area (Å²) < 4.78 is 27.2. The van der Waals surface area contributed by atoms with Crippen LogP contribution in [0.3, 0.4) is 0 Å². The maximum absolute atomic E-state index is 11.8. The van der Waals surface area contributed by atoms with Gasteiger partial charge in [0.1, 0.15) is 0 Å². The van der Waals surface area contributed by atoms with Gasteiger partial charge < -0.3 is 9.80 Å². The summed E-state index contributed by atoms with van der Waals surface area (Å²) in [6, 6.07) is 9.85. The molecule has 27 heavy (non-hydrogen) atoms. The van der Waals surface area contributed by atoms with Crippen LogP contribution >= 0.6 is 0 Å². The average Bonchev–Trinajstić information content (AvgIpc) is 2.64. The SMILES string of the molecule is Cc1cccc(N2CCN(c3ccc(NS(=O)(=O)N(C)C)nn3)CC2)c1C. The summed E-state index contributed by atoms with van der Waals surface area (Å²) in [6.45, 7) is 7.78. The maximum Gasteiger partial charge on any atom is 0.302 e. The first kappa shape index (κ1) is 19.4. The van der Waals surface area contributed by atoms with E-state index in [2.05, 4.69) is 56.8 Å². The van der Waals surface area contributed by atoms with Crippen molar-refractivity contribution >= 4 is 27.5 Å². The van der Waals surface area contributed by atoms with E-state index in [0.717, 1.165) is 36.3 Å². The lowest BCUT2D eigenvalue weighted by atomic mass is 10.1. The summed E-state index contributed by atoms with van der Waals surface area (Å²) in [4.78, 5) is 4.56. The van der Waals surface area contributed by atoms with Crippen molar-refractivity contribution in [1.29, 1.82) is 0 Å². The lowest BCUT2D eigenvalue weighted by molar-refractivity contribution is 0.526. The van der Waals surface area contributed by atoms with Crippen LogP contribution in [0.4, 0.5) is 17.3 Å². The normalized spacial score (nSPS) is 15.3. The second-order valence-electron chi connectivity index (χ2n) is 6.86. The first-order chi connectivity index (χ1) is 12.8. The van der Waals surface area contributed by atoms with E-state index in [1.165, 1.54) is 30.9 Å². The molecule has 0 bridgehead atoms. The zero-order valence-corrected chi connectivity index (χ0v) is 17.0. The highest BCUT2D eigenvalue weighted by Crippen LogP contribution is 2.25. The number of benzene rings is 1. The van der Waals surface area contributed by atoms with Crippen LogP contribution < -0.4 is 14.5 Å². The smallest absolute Gasteiger partial charge is 0.302 e. The monoisotopic (exact) mass is 390 g/mol. The molecular formula is C18H26N6O2S. The highest BCUT2D eigenvalue weighted by Gasteiger charge is 2.20. The summed E-state index contributed by atoms with van der Waals surface area (Å²) in [5.41, 5.74) is 3.91. The van der Waals surface area contributed by atoms with Crippen molar-refractivity contribution in [2.24, 2.45) is 0 Å². The van der Waals surface area contributed by atoms with E-state index in [1.807, 2.05) is 0 Å². The van der Waals surface area contributed by atoms with Gasteiger partial charge in [0.25, 0.3) is 0 Å². The fraction of sp³-hybridized carbons (Fsp3) is 0.444. The van der Waals surface area contributed by atoms with Crippen LogP contribution in [0.1, 0.15) is 11.1 Å². The van der Waals surface area contributed by atoms with Gasteiger partial charge in [0.15, 0.2) is 11.6 Å². The van der Waals surface area contributed by atoms with Crippen LogP contribution in [0.2, 0.25) is 0 Å². The van der Waals surface area contributed by atoms with Gasteiger partial charge in [-0.3, -0.25) is 4.72 Å². The molecule has 9 heteroatoms. The van der Waals surface area contributed by atoms with Gasteiger partial charge in [0, 0.05) is 46.0 Å². The van der Waals surface area contributed by atoms with Crippen LogP contribution in [-0.2, 0) is 10.2 Å². The number of anilines is 3. The zero-order chi connectivity index (χ0) is 19.6. The quantitative estimate of drug-likeness (QED) is 0.836. The van der Waals surface area contributed by atoms with Crippen LogP contribution in [0.5, 0.6) is 0 Å². The molecule has 1 aliphatic rings. The molecule has 1 aliphatic heterocycles. The molecule has 0 radical (unpaired) electrons. The molecule has 0 aliphatic carbocycles. The van der Waals surface area contributed by atoms with E-state index in [4.69, 9.17) is 0 Å². The number of hydrogen-bond acceptors (Lipinski definition) is 6. The Morgan fingerprint density at radius 2 is 1.63 bits per heavy atom. The minimum absolute atomic E-state index is 0.210. The Balaban J connectivity index is 1.64. The summed E-state index contributed by atoms with van der Waals surface area (Å²) in [7, 11) is -0.658. The fourth-order valence-electron chi connectivity index (χ4n) is 3.03. The molecule has 0 amide bonds. The second-order valence-corrected chi connectivity index (χ2v) is 8.74. The number of rotatable bonds is 5. The van der Waals surface area contributed by atoms with Crippen molar-refractivity contribution in [3.8, 4) is 0 Å². The second kappa shape index (κ2) is 7.69. The van der Waals surface area contributed by atoms with Gasteiger partial charge in [-0.15, -0.1) is 10.2 Å². The highest BCUT2D eigenvalue weighted by atomic mass is 32.2. The Bertz CT molecular complexity index is 891. The van der Waals surface area contributed by atoms with Crippen molar-refractivity contribution in [1.82, 2.24) is 14.5 Å². The summed E-state index contributed by atoms with van der Waals surface area (Å²) in [5.74, 6) is 0.963. The molecule has 1 aromatic heterocycles. The van der Waals surface area contributed by atoms with Gasteiger partial charge in [-0.25, -0.2) is 0 Å². The van der Waals surface area contributed by atoms with E-state index in [-0.39, 0.29) is 5.82 Å². The van der Waals surface area contributed by atoms with E-state index in [0.29, 0.717) is 0 Å². The molecule has 1 fully saturated rings. The molecule has 1 aromatic carbocycles. The van der Waals surface area contributed by atoms with E-state index >= 15 is 0 Å². The summed E-state index contributed by atoms with van der Waals surface area (Å²) in [6.07, 6.45) is 0. The Morgan fingerprint density at radius 3 is 2.22 bits per heavy atom. The van der Waals surface area contributed by atoms with Gasteiger partial charge >= 0.3 is 10.2 Å². The van der Waals surface area contributed by atoms with Gasteiger partial charge in [0.05, 0.1) is 0 Å². The standard InChI is InChI=1S/C18H26N6O2S/c1-14-6-5-7-16(15(14)2)23-10-12-24(13-11-23)18-9-8-17(19-20-18)21-27(25,26)22(3)4/h5-9H,10-13H2,1-4H3,(H,19,21). The molecule has 0 atom stereocenters. The predicted molar refractivity (Wildman–Crippen MR) is 109 cm³/mol. The molecule has 2 aromatic rings. The summed E-state index contributed by atoms with van der Waals surface area (Å²) in [5, 5.41) is 8.19. The Labute approximate surface area is 161 Å². The molecule has 0 unspecified atom stereocenters.